The maximum absolute atomic E-state index is 4.58. The topological polar surface area (TPSA) is 62.2 Å². The average Bonchev–Trinajstić information content (AvgIpc) is 3.09. The number of rotatable bonds is 7. The molecule has 2 heterocycles. The van der Waals surface area contributed by atoms with Gasteiger partial charge in [0.1, 0.15) is 5.01 Å². The van der Waals surface area contributed by atoms with Crippen LogP contribution in [0.3, 0.4) is 0 Å². The molecule has 0 unspecified atom stereocenters. The third kappa shape index (κ3) is 5.73. The zero-order chi connectivity index (χ0) is 15.8. The van der Waals surface area contributed by atoms with E-state index in [2.05, 4.69) is 44.8 Å². The first-order chi connectivity index (χ1) is 10.7. The summed E-state index contributed by atoms with van der Waals surface area (Å²) in [7, 11) is 0. The van der Waals surface area contributed by atoms with Crippen LogP contribution >= 0.6 is 22.7 Å². The largest absolute Gasteiger partial charge is 0.357 e. The molecule has 2 aromatic rings. The zero-order valence-corrected chi connectivity index (χ0v) is 15.0. The zero-order valence-electron chi connectivity index (χ0n) is 13.3. The molecule has 0 aromatic carbocycles. The van der Waals surface area contributed by atoms with Crippen molar-refractivity contribution in [2.24, 2.45) is 4.99 Å². The van der Waals surface area contributed by atoms with Crippen LogP contribution in [0.5, 0.6) is 0 Å². The van der Waals surface area contributed by atoms with Crippen molar-refractivity contribution < 1.29 is 0 Å². The van der Waals surface area contributed by atoms with Crippen LogP contribution in [0.2, 0.25) is 0 Å². The fraction of sp³-hybridized carbons (Fsp3) is 0.533. The van der Waals surface area contributed by atoms with Crippen LogP contribution in [-0.2, 0) is 13.0 Å². The molecule has 0 fully saturated rings. The molecule has 0 bridgehead atoms. The number of hydrogen-bond acceptors (Lipinski definition) is 5. The number of aliphatic imine (C=N–C) groups is 1. The van der Waals surface area contributed by atoms with Gasteiger partial charge >= 0.3 is 0 Å². The van der Waals surface area contributed by atoms with E-state index >= 15 is 0 Å². The van der Waals surface area contributed by atoms with E-state index in [-0.39, 0.29) is 0 Å². The van der Waals surface area contributed by atoms with Gasteiger partial charge in [0.15, 0.2) is 5.96 Å². The molecule has 0 aliphatic carbocycles. The van der Waals surface area contributed by atoms with E-state index < -0.39 is 0 Å². The summed E-state index contributed by atoms with van der Waals surface area (Å²) in [5.41, 5.74) is 1.11. The number of aryl methyl sites for hydroxylation is 3. The molecule has 7 heteroatoms. The fourth-order valence-electron chi connectivity index (χ4n) is 1.93. The van der Waals surface area contributed by atoms with Crippen LogP contribution in [0, 0.1) is 13.8 Å². The van der Waals surface area contributed by atoms with Gasteiger partial charge in [-0.3, -0.25) is 0 Å². The molecule has 0 aliphatic rings. The normalized spacial score (nSPS) is 11.7. The van der Waals surface area contributed by atoms with Gasteiger partial charge in [-0.1, -0.05) is 0 Å². The van der Waals surface area contributed by atoms with Crippen LogP contribution in [0.4, 0.5) is 0 Å². The second-order valence-corrected chi connectivity index (χ2v) is 7.23. The predicted octanol–water partition coefficient (Wildman–Crippen LogP) is 2.90. The number of hydrogen-bond donors (Lipinski definition) is 2. The Morgan fingerprint density at radius 1 is 1.27 bits per heavy atom. The monoisotopic (exact) mass is 337 g/mol. The van der Waals surface area contributed by atoms with E-state index in [1.165, 1.54) is 9.88 Å². The predicted molar refractivity (Wildman–Crippen MR) is 94.8 cm³/mol. The molecule has 2 rings (SSSR count). The minimum Gasteiger partial charge on any atom is -0.357 e. The molecule has 0 saturated carbocycles. The smallest absolute Gasteiger partial charge is 0.191 e. The summed E-state index contributed by atoms with van der Waals surface area (Å²) in [6.07, 6.45) is 3.95. The third-order valence-electron chi connectivity index (χ3n) is 2.91. The van der Waals surface area contributed by atoms with Gasteiger partial charge in [0.2, 0.25) is 0 Å². The van der Waals surface area contributed by atoms with Crippen molar-refractivity contribution in [3.8, 4) is 0 Å². The Kier molecular flexibility index (Phi) is 6.79. The lowest BCUT2D eigenvalue weighted by atomic mass is 10.3. The van der Waals surface area contributed by atoms with Gasteiger partial charge in [-0.2, -0.15) is 0 Å². The Balaban J connectivity index is 1.75. The molecule has 0 amide bonds. The Morgan fingerprint density at radius 2 is 2.14 bits per heavy atom. The summed E-state index contributed by atoms with van der Waals surface area (Å²) >= 11 is 3.43. The van der Waals surface area contributed by atoms with Gasteiger partial charge in [0.05, 0.1) is 11.6 Å². The minimum absolute atomic E-state index is 0.625. The first kappa shape index (κ1) is 16.9. The van der Waals surface area contributed by atoms with Crippen molar-refractivity contribution in [1.82, 2.24) is 20.6 Å². The summed E-state index contributed by atoms with van der Waals surface area (Å²) in [6, 6.07) is 0. The number of aromatic nitrogens is 2. The lowest BCUT2D eigenvalue weighted by Gasteiger charge is -2.10. The third-order valence-corrected chi connectivity index (χ3v) is 4.84. The van der Waals surface area contributed by atoms with Crippen LogP contribution in [0.15, 0.2) is 16.6 Å². The highest BCUT2D eigenvalue weighted by molar-refractivity contribution is 7.11. The molecule has 0 radical (unpaired) electrons. The van der Waals surface area contributed by atoms with Crippen LogP contribution in [-0.4, -0.2) is 29.0 Å². The lowest BCUT2D eigenvalue weighted by Crippen LogP contribution is -2.37. The Morgan fingerprint density at radius 3 is 2.77 bits per heavy atom. The van der Waals surface area contributed by atoms with Gasteiger partial charge in [0.25, 0.3) is 0 Å². The SMILES string of the molecule is CCNC(=NCc1ncc(C)s1)NCCCc1nc(C)cs1. The Hall–Kier alpha value is -1.47. The molecule has 2 N–H and O–H groups in total. The first-order valence-corrected chi connectivity index (χ1v) is 9.21. The van der Waals surface area contributed by atoms with Gasteiger partial charge < -0.3 is 10.6 Å². The van der Waals surface area contributed by atoms with Crippen LogP contribution < -0.4 is 10.6 Å². The summed E-state index contributed by atoms with van der Waals surface area (Å²) in [6.45, 7) is 8.54. The summed E-state index contributed by atoms with van der Waals surface area (Å²) < 4.78 is 0. The van der Waals surface area contributed by atoms with Crippen molar-refractivity contribution in [3.05, 3.63) is 32.2 Å². The molecule has 120 valence electrons. The van der Waals surface area contributed by atoms with Gasteiger partial charge in [-0.15, -0.1) is 22.7 Å². The van der Waals surface area contributed by atoms with Crippen molar-refractivity contribution in [2.75, 3.05) is 13.1 Å². The number of guanidine groups is 1. The average molecular weight is 338 g/mol. The highest BCUT2D eigenvalue weighted by Crippen LogP contribution is 2.12. The molecule has 0 aliphatic heterocycles. The quantitative estimate of drug-likeness (QED) is 0.463. The second kappa shape index (κ2) is 8.85. The molecular formula is C15H23N5S2. The van der Waals surface area contributed by atoms with E-state index in [1.54, 1.807) is 22.7 Å². The van der Waals surface area contributed by atoms with E-state index in [4.69, 9.17) is 0 Å². The standard InChI is InChI=1S/C15H23N5S2/c1-4-16-15(19-9-14-18-8-12(3)22-14)17-7-5-6-13-20-11(2)10-21-13/h8,10H,4-7,9H2,1-3H3,(H2,16,17,19). The van der Waals surface area contributed by atoms with Gasteiger partial charge in [0, 0.05) is 41.7 Å². The first-order valence-electron chi connectivity index (χ1n) is 7.52. The molecule has 22 heavy (non-hydrogen) atoms. The van der Waals surface area contributed by atoms with E-state index in [9.17, 15) is 0 Å². The molecule has 0 atom stereocenters. The lowest BCUT2D eigenvalue weighted by molar-refractivity contribution is 0.740. The highest BCUT2D eigenvalue weighted by Gasteiger charge is 2.02. The van der Waals surface area contributed by atoms with E-state index in [0.29, 0.717) is 6.54 Å². The van der Waals surface area contributed by atoms with Crippen molar-refractivity contribution in [3.63, 3.8) is 0 Å². The number of thiazole rings is 2. The van der Waals surface area contributed by atoms with Gasteiger partial charge in [-0.05, 0) is 27.2 Å². The summed E-state index contributed by atoms with van der Waals surface area (Å²) in [5.74, 6) is 0.852. The fourth-order valence-corrected chi connectivity index (χ4v) is 3.46. The van der Waals surface area contributed by atoms with Crippen molar-refractivity contribution in [1.29, 1.82) is 0 Å². The number of nitrogens with one attached hydrogen (secondary N) is 2. The summed E-state index contributed by atoms with van der Waals surface area (Å²) in [4.78, 5) is 14.6. The van der Waals surface area contributed by atoms with Crippen molar-refractivity contribution in [2.45, 2.75) is 40.2 Å². The maximum atomic E-state index is 4.58. The minimum atomic E-state index is 0.625. The highest BCUT2D eigenvalue weighted by atomic mass is 32.1. The van der Waals surface area contributed by atoms with Gasteiger partial charge in [-0.25, -0.2) is 15.0 Å². The summed E-state index contributed by atoms with van der Waals surface area (Å²) in [5, 5.41) is 11.0. The Bertz CT molecular complexity index is 603. The maximum Gasteiger partial charge on any atom is 0.191 e. The Labute approximate surface area is 139 Å². The van der Waals surface area contributed by atoms with E-state index in [0.717, 1.165) is 42.6 Å². The van der Waals surface area contributed by atoms with Crippen LogP contribution in [0.25, 0.3) is 0 Å². The molecular weight excluding hydrogens is 314 g/mol. The molecule has 0 saturated heterocycles. The number of nitrogens with zero attached hydrogens (tertiary/aromatic N) is 3. The molecule has 2 aromatic heterocycles. The molecule has 0 spiro atoms. The second-order valence-electron chi connectivity index (χ2n) is 4.97. The van der Waals surface area contributed by atoms with Crippen molar-refractivity contribution >= 4 is 28.6 Å². The van der Waals surface area contributed by atoms with Crippen LogP contribution in [0.1, 0.15) is 33.9 Å². The van der Waals surface area contributed by atoms with E-state index in [1.807, 2.05) is 13.1 Å². The molecule has 5 nitrogen and oxygen atoms in total.